The first-order valence-corrected chi connectivity index (χ1v) is 5.92. The summed E-state index contributed by atoms with van der Waals surface area (Å²) < 4.78 is 0. The number of hydrogen-bond donors (Lipinski definition) is 1. The summed E-state index contributed by atoms with van der Waals surface area (Å²) in [4.78, 5) is 4.16. The van der Waals surface area contributed by atoms with Crippen LogP contribution in [0.4, 0.5) is 5.69 Å². The molecule has 0 bridgehead atoms. The van der Waals surface area contributed by atoms with Gasteiger partial charge in [-0.1, -0.05) is 11.6 Å². The highest BCUT2D eigenvalue weighted by atomic mass is 35.5. The Morgan fingerprint density at radius 2 is 2.38 bits per heavy atom. The van der Waals surface area contributed by atoms with Crippen molar-refractivity contribution in [2.75, 3.05) is 5.32 Å². The molecule has 0 fully saturated rings. The second-order valence-corrected chi connectivity index (χ2v) is 4.27. The van der Waals surface area contributed by atoms with Crippen molar-refractivity contribution in [2.24, 2.45) is 0 Å². The number of aromatic nitrogens is 1. The minimum Gasteiger partial charge on any atom is -0.379 e. The van der Waals surface area contributed by atoms with Crippen LogP contribution in [0.5, 0.6) is 0 Å². The van der Waals surface area contributed by atoms with Gasteiger partial charge in [-0.25, -0.2) is 4.98 Å². The zero-order chi connectivity index (χ0) is 11.4. The molecule has 16 heavy (non-hydrogen) atoms. The van der Waals surface area contributed by atoms with Gasteiger partial charge in [-0.2, -0.15) is 5.26 Å². The molecule has 1 heterocycles. The molecule has 0 saturated carbocycles. The van der Waals surface area contributed by atoms with E-state index in [2.05, 4.69) is 10.3 Å². The molecule has 1 aromatic heterocycles. The van der Waals surface area contributed by atoms with E-state index < -0.39 is 0 Å². The Kier molecular flexibility index (Phi) is 3.40. The summed E-state index contributed by atoms with van der Waals surface area (Å²) in [5.74, 6) is 0. The van der Waals surface area contributed by atoms with Crippen LogP contribution in [0.3, 0.4) is 0 Å². The third-order valence-corrected chi connectivity index (χ3v) is 3.01. The predicted octanol–water partition coefficient (Wildman–Crippen LogP) is 3.28. The maximum atomic E-state index is 8.82. The van der Waals surface area contributed by atoms with Crippen molar-refractivity contribution in [3.8, 4) is 6.07 Å². The van der Waals surface area contributed by atoms with E-state index in [1.165, 1.54) is 0 Å². The summed E-state index contributed by atoms with van der Waals surface area (Å²) >= 11 is 7.40. The lowest BCUT2D eigenvalue weighted by molar-refractivity contribution is 1.07. The van der Waals surface area contributed by atoms with E-state index in [9.17, 15) is 0 Å². The smallest absolute Gasteiger partial charge is 0.101 e. The zero-order valence-corrected chi connectivity index (χ0v) is 9.85. The lowest BCUT2D eigenvalue weighted by atomic mass is 10.2. The number of benzene rings is 1. The van der Waals surface area contributed by atoms with Crippen molar-refractivity contribution in [3.63, 3.8) is 0 Å². The molecule has 0 spiro atoms. The van der Waals surface area contributed by atoms with Crippen LogP contribution in [-0.4, -0.2) is 4.98 Å². The van der Waals surface area contributed by atoms with Gasteiger partial charge in [-0.3, -0.25) is 0 Å². The van der Waals surface area contributed by atoms with Crippen molar-refractivity contribution in [3.05, 3.63) is 45.4 Å². The Morgan fingerprint density at radius 3 is 3.06 bits per heavy atom. The van der Waals surface area contributed by atoms with Crippen LogP contribution >= 0.6 is 22.9 Å². The minimum absolute atomic E-state index is 0.474. The Labute approximate surface area is 102 Å². The summed E-state index contributed by atoms with van der Waals surface area (Å²) in [6.45, 7) is 0.649. The first kappa shape index (κ1) is 10.9. The summed E-state index contributed by atoms with van der Waals surface area (Å²) in [5, 5.41) is 14.5. The lowest BCUT2D eigenvalue weighted by Gasteiger charge is -2.05. The number of thiazole rings is 1. The Hall–Kier alpha value is -1.57. The SMILES string of the molecule is N#Cc1cc(NCc2cscn2)ccc1Cl. The molecule has 0 radical (unpaired) electrons. The van der Waals surface area contributed by atoms with Gasteiger partial charge in [0, 0.05) is 11.1 Å². The number of nitrogens with one attached hydrogen (secondary N) is 1. The average Bonchev–Trinajstić information content (AvgIpc) is 2.81. The number of nitrogens with zero attached hydrogens (tertiary/aromatic N) is 2. The van der Waals surface area contributed by atoms with Crippen LogP contribution in [0, 0.1) is 11.3 Å². The third-order valence-electron chi connectivity index (χ3n) is 2.04. The molecule has 0 aliphatic rings. The zero-order valence-electron chi connectivity index (χ0n) is 8.27. The van der Waals surface area contributed by atoms with Crippen molar-refractivity contribution in [1.29, 1.82) is 5.26 Å². The summed E-state index contributed by atoms with van der Waals surface area (Å²) in [6.07, 6.45) is 0. The van der Waals surface area contributed by atoms with Gasteiger partial charge in [0.15, 0.2) is 0 Å². The highest BCUT2D eigenvalue weighted by Crippen LogP contribution is 2.20. The van der Waals surface area contributed by atoms with Crippen LogP contribution in [0.2, 0.25) is 5.02 Å². The van der Waals surface area contributed by atoms with E-state index >= 15 is 0 Å². The van der Waals surface area contributed by atoms with Crippen molar-refractivity contribution < 1.29 is 0 Å². The summed E-state index contributed by atoms with van der Waals surface area (Å²) in [5.41, 5.74) is 4.12. The topological polar surface area (TPSA) is 48.7 Å². The van der Waals surface area contributed by atoms with Gasteiger partial charge in [-0.05, 0) is 18.2 Å². The van der Waals surface area contributed by atoms with Crippen LogP contribution in [0.15, 0.2) is 29.1 Å². The van der Waals surface area contributed by atoms with E-state index in [1.807, 2.05) is 17.5 Å². The second-order valence-electron chi connectivity index (χ2n) is 3.14. The van der Waals surface area contributed by atoms with Gasteiger partial charge in [0.05, 0.1) is 28.3 Å². The van der Waals surface area contributed by atoms with Crippen LogP contribution in [0.25, 0.3) is 0 Å². The fraction of sp³-hybridized carbons (Fsp3) is 0.0909. The molecule has 1 N–H and O–H groups in total. The Morgan fingerprint density at radius 1 is 1.50 bits per heavy atom. The molecule has 1 aromatic carbocycles. The van der Waals surface area contributed by atoms with Gasteiger partial charge < -0.3 is 5.32 Å². The molecular weight excluding hydrogens is 242 g/mol. The molecule has 2 aromatic rings. The fourth-order valence-corrected chi connectivity index (χ4v) is 1.96. The number of anilines is 1. The number of hydrogen-bond acceptors (Lipinski definition) is 4. The van der Waals surface area contributed by atoms with Gasteiger partial charge in [0.1, 0.15) is 6.07 Å². The maximum Gasteiger partial charge on any atom is 0.101 e. The van der Waals surface area contributed by atoms with E-state index in [1.54, 1.807) is 29.0 Å². The van der Waals surface area contributed by atoms with E-state index in [4.69, 9.17) is 16.9 Å². The molecule has 3 nitrogen and oxygen atoms in total. The highest BCUT2D eigenvalue weighted by molar-refractivity contribution is 7.07. The first-order valence-electron chi connectivity index (χ1n) is 4.60. The maximum absolute atomic E-state index is 8.82. The van der Waals surface area contributed by atoms with Crippen LogP contribution < -0.4 is 5.32 Å². The van der Waals surface area contributed by atoms with Crippen molar-refractivity contribution >= 4 is 28.6 Å². The van der Waals surface area contributed by atoms with E-state index in [-0.39, 0.29) is 0 Å². The summed E-state index contributed by atoms with van der Waals surface area (Å²) in [6, 6.07) is 7.33. The molecule has 0 unspecified atom stereocenters. The van der Waals surface area contributed by atoms with E-state index in [0.29, 0.717) is 17.1 Å². The second kappa shape index (κ2) is 4.97. The number of nitriles is 1. The molecule has 0 atom stereocenters. The average molecular weight is 250 g/mol. The Bertz CT molecular complexity index is 517. The quantitative estimate of drug-likeness (QED) is 0.908. The lowest BCUT2D eigenvalue weighted by Crippen LogP contribution is -1.99. The van der Waals surface area contributed by atoms with Crippen molar-refractivity contribution in [2.45, 2.75) is 6.54 Å². The fourth-order valence-electron chi connectivity index (χ4n) is 1.24. The van der Waals surface area contributed by atoms with E-state index in [0.717, 1.165) is 11.4 Å². The molecule has 0 saturated heterocycles. The van der Waals surface area contributed by atoms with Gasteiger partial charge >= 0.3 is 0 Å². The van der Waals surface area contributed by atoms with Gasteiger partial charge in [0.25, 0.3) is 0 Å². The molecule has 2 rings (SSSR count). The monoisotopic (exact) mass is 249 g/mol. The molecule has 0 aliphatic heterocycles. The number of halogens is 1. The third kappa shape index (κ3) is 2.51. The normalized spacial score (nSPS) is 9.75. The molecule has 0 aliphatic carbocycles. The molecule has 5 heteroatoms. The minimum atomic E-state index is 0.474. The van der Waals surface area contributed by atoms with Gasteiger partial charge in [0.2, 0.25) is 0 Å². The number of rotatable bonds is 3. The first-order chi connectivity index (χ1) is 7.79. The largest absolute Gasteiger partial charge is 0.379 e. The standard InChI is InChI=1S/C11H8ClN3S/c12-11-2-1-9(3-8(11)4-13)14-5-10-6-16-7-15-10/h1-3,6-7,14H,5H2. The molecular formula is C11H8ClN3S. The molecule has 80 valence electrons. The van der Waals surface area contributed by atoms with Crippen LogP contribution in [0.1, 0.15) is 11.3 Å². The van der Waals surface area contributed by atoms with Crippen LogP contribution in [-0.2, 0) is 6.54 Å². The molecule has 0 amide bonds. The summed E-state index contributed by atoms with van der Waals surface area (Å²) in [7, 11) is 0. The van der Waals surface area contributed by atoms with Crippen molar-refractivity contribution in [1.82, 2.24) is 4.98 Å². The highest BCUT2D eigenvalue weighted by Gasteiger charge is 2.01. The van der Waals surface area contributed by atoms with Gasteiger partial charge in [-0.15, -0.1) is 11.3 Å². The Balaban J connectivity index is 2.08. The predicted molar refractivity (Wildman–Crippen MR) is 65.6 cm³/mol.